The summed E-state index contributed by atoms with van der Waals surface area (Å²) in [5.41, 5.74) is 2.22. The maximum absolute atomic E-state index is 12.8. The molecule has 0 aromatic carbocycles. The van der Waals surface area contributed by atoms with Gasteiger partial charge in [-0.1, -0.05) is 20.8 Å². The summed E-state index contributed by atoms with van der Waals surface area (Å²) in [6.45, 7) is 6.68. The molecule has 134 valence electrons. The van der Waals surface area contributed by atoms with Crippen LogP contribution in [-0.2, 0) is 17.3 Å². The average Bonchev–Trinajstić information content (AvgIpc) is 3.17. The number of thiazole rings is 1. The maximum Gasteiger partial charge on any atom is 0.263 e. The second-order valence-corrected chi connectivity index (χ2v) is 8.14. The molecule has 1 fully saturated rings. The number of amides is 2. The predicted octanol–water partition coefficient (Wildman–Crippen LogP) is 2.10. The summed E-state index contributed by atoms with van der Waals surface area (Å²) in [5.74, 6) is 0.286. The molecule has 3 heterocycles. The highest BCUT2D eigenvalue weighted by atomic mass is 32.1. The monoisotopic (exact) mass is 361 g/mol. The van der Waals surface area contributed by atoms with Crippen LogP contribution in [0.1, 0.15) is 49.0 Å². The SMILES string of the molecule is Cn1ccc(N2CCC[C@@H](NC(=O)c3scnc3C(C)(C)C)C2=O)n1. The lowest BCUT2D eigenvalue weighted by molar-refractivity contribution is -0.121. The molecule has 0 aliphatic carbocycles. The lowest BCUT2D eigenvalue weighted by Gasteiger charge is -2.31. The third-order valence-electron chi connectivity index (χ3n) is 4.20. The molecule has 2 amide bonds. The molecule has 2 aromatic rings. The van der Waals surface area contributed by atoms with Crippen molar-refractivity contribution < 1.29 is 9.59 Å². The summed E-state index contributed by atoms with van der Waals surface area (Å²) in [4.78, 5) is 32.0. The van der Waals surface area contributed by atoms with Gasteiger partial charge in [0.05, 0.1) is 11.2 Å². The molecule has 3 rings (SSSR count). The van der Waals surface area contributed by atoms with E-state index in [-0.39, 0.29) is 17.2 Å². The van der Waals surface area contributed by atoms with Crippen LogP contribution in [0, 0.1) is 0 Å². The topological polar surface area (TPSA) is 80.1 Å². The Morgan fingerprint density at radius 3 is 2.80 bits per heavy atom. The first-order valence-corrected chi connectivity index (χ1v) is 9.21. The minimum atomic E-state index is -0.529. The van der Waals surface area contributed by atoms with Crippen molar-refractivity contribution in [3.05, 3.63) is 28.3 Å². The number of aryl methyl sites for hydroxylation is 1. The zero-order valence-corrected chi connectivity index (χ0v) is 15.8. The molecular weight excluding hydrogens is 338 g/mol. The van der Waals surface area contributed by atoms with Crippen LogP contribution in [0.3, 0.4) is 0 Å². The minimum Gasteiger partial charge on any atom is -0.339 e. The Bertz CT molecular complexity index is 789. The summed E-state index contributed by atoms with van der Waals surface area (Å²) in [6.07, 6.45) is 3.26. The Hall–Kier alpha value is -2.22. The summed E-state index contributed by atoms with van der Waals surface area (Å²) >= 11 is 1.31. The molecule has 1 aliphatic rings. The quantitative estimate of drug-likeness (QED) is 0.908. The number of hydrogen-bond donors (Lipinski definition) is 1. The van der Waals surface area contributed by atoms with E-state index in [1.807, 2.05) is 33.9 Å². The van der Waals surface area contributed by atoms with Crippen molar-refractivity contribution in [2.24, 2.45) is 7.05 Å². The Labute approximate surface area is 151 Å². The van der Waals surface area contributed by atoms with Gasteiger partial charge < -0.3 is 5.32 Å². The summed E-state index contributed by atoms with van der Waals surface area (Å²) in [7, 11) is 1.81. The van der Waals surface area contributed by atoms with Crippen molar-refractivity contribution >= 4 is 29.0 Å². The van der Waals surface area contributed by atoms with E-state index in [0.717, 1.165) is 12.1 Å². The van der Waals surface area contributed by atoms with Crippen LogP contribution in [-0.4, -0.2) is 39.2 Å². The normalized spacial score (nSPS) is 18.5. The molecule has 7 nitrogen and oxygen atoms in total. The second kappa shape index (κ2) is 6.59. The number of piperidine rings is 1. The van der Waals surface area contributed by atoms with E-state index in [1.165, 1.54) is 11.3 Å². The first-order chi connectivity index (χ1) is 11.8. The number of carbonyl (C=O) groups is 2. The van der Waals surface area contributed by atoms with Crippen molar-refractivity contribution in [3.8, 4) is 0 Å². The molecule has 25 heavy (non-hydrogen) atoms. The van der Waals surface area contributed by atoms with Crippen LogP contribution < -0.4 is 10.2 Å². The molecule has 0 unspecified atom stereocenters. The molecule has 0 spiro atoms. The highest BCUT2D eigenvalue weighted by Gasteiger charge is 2.33. The number of nitrogens with zero attached hydrogens (tertiary/aromatic N) is 4. The first-order valence-electron chi connectivity index (χ1n) is 8.33. The van der Waals surface area contributed by atoms with Gasteiger partial charge in [-0.15, -0.1) is 11.3 Å². The van der Waals surface area contributed by atoms with Crippen LogP contribution in [0.25, 0.3) is 0 Å². The Morgan fingerprint density at radius 2 is 2.16 bits per heavy atom. The predicted molar refractivity (Wildman–Crippen MR) is 96.9 cm³/mol. The van der Waals surface area contributed by atoms with Gasteiger partial charge in [-0.2, -0.15) is 5.10 Å². The third kappa shape index (κ3) is 3.58. The van der Waals surface area contributed by atoms with E-state index in [2.05, 4.69) is 15.4 Å². The van der Waals surface area contributed by atoms with Crippen LogP contribution in [0.4, 0.5) is 5.82 Å². The molecule has 1 atom stereocenters. The molecule has 0 bridgehead atoms. The van der Waals surface area contributed by atoms with Crippen LogP contribution in [0.15, 0.2) is 17.8 Å². The van der Waals surface area contributed by atoms with E-state index in [4.69, 9.17) is 0 Å². The fourth-order valence-corrected chi connectivity index (χ4v) is 3.85. The number of anilines is 1. The highest BCUT2D eigenvalue weighted by molar-refractivity contribution is 7.11. The number of rotatable bonds is 3. The van der Waals surface area contributed by atoms with Gasteiger partial charge in [0, 0.05) is 31.3 Å². The van der Waals surface area contributed by atoms with Crippen LogP contribution in [0.5, 0.6) is 0 Å². The largest absolute Gasteiger partial charge is 0.339 e. The third-order valence-corrected chi connectivity index (χ3v) is 5.03. The van der Waals surface area contributed by atoms with Gasteiger partial charge in [-0.3, -0.25) is 19.2 Å². The van der Waals surface area contributed by atoms with E-state index in [0.29, 0.717) is 23.7 Å². The lowest BCUT2D eigenvalue weighted by Crippen LogP contribution is -2.52. The Kier molecular flexibility index (Phi) is 4.64. The molecular formula is C17H23N5O2S. The fraction of sp³-hybridized carbons (Fsp3) is 0.529. The standard InChI is InChI=1S/C17H23N5O2S/c1-17(2,3)14-13(25-10-18-14)15(23)19-11-6-5-8-22(16(11)24)12-7-9-21(4)20-12/h7,9-11H,5-6,8H2,1-4H3,(H,19,23)/t11-/m1/s1. The van der Waals surface area contributed by atoms with Crippen LogP contribution in [0.2, 0.25) is 0 Å². The summed E-state index contributed by atoms with van der Waals surface area (Å²) < 4.78 is 1.66. The maximum atomic E-state index is 12.8. The van der Waals surface area contributed by atoms with E-state index >= 15 is 0 Å². The second-order valence-electron chi connectivity index (χ2n) is 7.29. The zero-order chi connectivity index (χ0) is 18.2. The molecule has 8 heteroatoms. The van der Waals surface area contributed by atoms with E-state index in [1.54, 1.807) is 21.3 Å². The van der Waals surface area contributed by atoms with Crippen molar-refractivity contribution in [1.29, 1.82) is 0 Å². The fourth-order valence-electron chi connectivity index (χ4n) is 2.95. The van der Waals surface area contributed by atoms with Gasteiger partial charge >= 0.3 is 0 Å². The molecule has 1 saturated heterocycles. The summed E-state index contributed by atoms with van der Waals surface area (Å²) in [6, 6.07) is 1.28. The smallest absolute Gasteiger partial charge is 0.263 e. The van der Waals surface area contributed by atoms with E-state index < -0.39 is 6.04 Å². The Balaban J connectivity index is 1.75. The van der Waals surface area contributed by atoms with Gasteiger partial charge in [0.25, 0.3) is 11.8 Å². The van der Waals surface area contributed by atoms with Crippen molar-refractivity contribution in [2.45, 2.75) is 45.1 Å². The van der Waals surface area contributed by atoms with Gasteiger partial charge in [0.2, 0.25) is 0 Å². The van der Waals surface area contributed by atoms with Crippen molar-refractivity contribution in [2.75, 3.05) is 11.4 Å². The molecule has 2 aromatic heterocycles. The summed E-state index contributed by atoms with van der Waals surface area (Å²) in [5, 5.41) is 7.19. The van der Waals surface area contributed by atoms with Crippen LogP contribution >= 0.6 is 11.3 Å². The molecule has 1 N–H and O–H groups in total. The van der Waals surface area contributed by atoms with E-state index in [9.17, 15) is 9.59 Å². The Morgan fingerprint density at radius 1 is 1.40 bits per heavy atom. The van der Waals surface area contributed by atoms with Crippen molar-refractivity contribution in [3.63, 3.8) is 0 Å². The molecule has 1 aliphatic heterocycles. The number of hydrogen-bond acceptors (Lipinski definition) is 5. The molecule has 0 radical (unpaired) electrons. The average molecular weight is 361 g/mol. The first kappa shape index (κ1) is 17.6. The van der Waals surface area contributed by atoms with Crippen molar-refractivity contribution in [1.82, 2.24) is 20.1 Å². The minimum absolute atomic E-state index is 0.111. The van der Waals surface area contributed by atoms with Gasteiger partial charge in [-0.05, 0) is 12.8 Å². The van der Waals surface area contributed by atoms with Gasteiger partial charge in [-0.25, -0.2) is 4.98 Å². The number of aromatic nitrogens is 3. The lowest BCUT2D eigenvalue weighted by atomic mass is 9.91. The molecule has 0 saturated carbocycles. The van der Waals surface area contributed by atoms with Gasteiger partial charge in [0.1, 0.15) is 10.9 Å². The zero-order valence-electron chi connectivity index (χ0n) is 14.9. The number of nitrogens with one attached hydrogen (secondary N) is 1. The highest BCUT2D eigenvalue weighted by Crippen LogP contribution is 2.27. The number of carbonyl (C=O) groups excluding carboxylic acids is 2. The van der Waals surface area contributed by atoms with Gasteiger partial charge in [0.15, 0.2) is 5.82 Å².